The Balaban J connectivity index is 1.99. The van der Waals surface area contributed by atoms with E-state index >= 15 is 0 Å². The van der Waals surface area contributed by atoms with Crippen LogP contribution in [0.1, 0.15) is 76.7 Å². The molecule has 0 heterocycles. The van der Waals surface area contributed by atoms with Gasteiger partial charge in [-0.1, -0.05) is 81.2 Å². The number of nitrogens with one attached hydrogen (secondary N) is 1. The van der Waals surface area contributed by atoms with E-state index in [1.165, 1.54) is 25.7 Å². The molecule has 3 N–H and O–H groups in total. The third-order valence-electron chi connectivity index (χ3n) is 5.14. The van der Waals surface area contributed by atoms with E-state index in [1.807, 2.05) is 0 Å². The van der Waals surface area contributed by atoms with Crippen LogP contribution in [0.4, 0.5) is 0 Å². The topological polar surface area (TPSA) is 69.6 Å². The number of phenolic OH excluding ortho intramolecular Hbond substituents is 1. The van der Waals surface area contributed by atoms with E-state index in [-0.39, 0.29) is 5.75 Å². The first-order valence-corrected chi connectivity index (χ1v) is 11.8. The summed E-state index contributed by atoms with van der Waals surface area (Å²) in [6.45, 7) is 2.87. The molecule has 1 aromatic carbocycles. The number of carboxylic acid groups (broad SMARTS) is 1. The van der Waals surface area contributed by atoms with Crippen LogP contribution in [0.5, 0.6) is 5.75 Å². The summed E-state index contributed by atoms with van der Waals surface area (Å²) in [4.78, 5) is 11.4. The number of benzene rings is 1. The molecule has 0 saturated carbocycles. The van der Waals surface area contributed by atoms with Gasteiger partial charge in [-0.15, -0.1) is 0 Å². The summed E-state index contributed by atoms with van der Waals surface area (Å²) in [5.74, 6) is -0.632. The summed E-state index contributed by atoms with van der Waals surface area (Å²) in [5, 5.41) is 21.9. The van der Waals surface area contributed by atoms with Crippen LogP contribution in [0.15, 0.2) is 60.7 Å². The molecule has 4 nitrogen and oxygen atoms in total. The molecule has 4 heteroatoms. The number of allylic oxidation sites excluding steroid dienone is 6. The normalized spacial score (nSPS) is 12.9. The smallest absolute Gasteiger partial charge is 0.321 e. The molecule has 0 aliphatic carbocycles. The molecular formula is C27H41NO3. The second-order valence-corrected chi connectivity index (χ2v) is 7.92. The molecule has 0 radical (unpaired) electrons. The Morgan fingerprint density at radius 1 is 0.871 bits per heavy atom. The van der Waals surface area contributed by atoms with Crippen molar-refractivity contribution in [3.63, 3.8) is 0 Å². The molecule has 1 atom stereocenters. The van der Waals surface area contributed by atoms with Gasteiger partial charge in [0, 0.05) is 0 Å². The largest absolute Gasteiger partial charge is 0.508 e. The Morgan fingerprint density at radius 3 is 2.10 bits per heavy atom. The lowest BCUT2D eigenvalue weighted by Gasteiger charge is -2.14. The second kappa shape index (κ2) is 18.4. The second-order valence-electron chi connectivity index (χ2n) is 7.92. The van der Waals surface area contributed by atoms with Crippen LogP contribution >= 0.6 is 0 Å². The van der Waals surface area contributed by atoms with E-state index < -0.39 is 12.0 Å². The van der Waals surface area contributed by atoms with Crippen molar-refractivity contribution in [1.82, 2.24) is 5.32 Å². The average molecular weight is 428 g/mol. The predicted octanol–water partition coefficient (Wildman–Crippen LogP) is 6.57. The molecule has 0 bridgehead atoms. The molecule has 31 heavy (non-hydrogen) atoms. The molecule has 0 aromatic heterocycles. The van der Waals surface area contributed by atoms with E-state index in [1.54, 1.807) is 24.3 Å². The highest BCUT2D eigenvalue weighted by Gasteiger charge is 2.16. The molecule has 0 saturated heterocycles. The van der Waals surface area contributed by atoms with Crippen molar-refractivity contribution in [2.45, 2.75) is 83.6 Å². The monoisotopic (exact) mass is 427 g/mol. The first kappa shape index (κ1) is 26.7. The van der Waals surface area contributed by atoms with Gasteiger partial charge >= 0.3 is 5.97 Å². The van der Waals surface area contributed by atoms with Gasteiger partial charge in [-0.3, -0.25) is 4.79 Å². The SMILES string of the molecule is CC/C=C\C/C=C\C/C=C\CCCCCCCCN[C@@H](Cc1ccc(O)cc1)C(=O)O. The van der Waals surface area contributed by atoms with E-state index in [2.05, 4.69) is 48.7 Å². The Morgan fingerprint density at radius 2 is 1.45 bits per heavy atom. The lowest BCUT2D eigenvalue weighted by Crippen LogP contribution is -2.39. The Hall–Kier alpha value is -2.33. The Bertz CT molecular complexity index is 662. The maximum atomic E-state index is 11.4. The molecule has 1 aromatic rings. The van der Waals surface area contributed by atoms with Gasteiger partial charge in [-0.05, 0) is 69.2 Å². The van der Waals surface area contributed by atoms with Gasteiger partial charge in [0.1, 0.15) is 11.8 Å². The fourth-order valence-corrected chi connectivity index (χ4v) is 3.31. The van der Waals surface area contributed by atoms with Crippen LogP contribution in [0.3, 0.4) is 0 Å². The zero-order chi connectivity index (χ0) is 22.6. The number of phenols is 1. The lowest BCUT2D eigenvalue weighted by molar-refractivity contribution is -0.139. The number of hydrogen-bond donors (Lipinski definition) is 3. The maximum Gasteiger partial charge on any atom is 0.321 e. The molecule has 0 aliphatic rings. The molecule has 0 unspecified atom stereocenters. The molecule has 0 aliphatic heterocycles. The fraction of sp³-hybridized carbons (Fsp3) is 0.519. The number of unbranched alkanes of at least 4 members (excludes halogenated alkanes) is 6. The quantitative estimate of drug-likeness (QED) is 0.183. The number of aromatic hydroxyl groups is 1. The minimum absolute atomic E-state index is 0.197. The van der Waals surface area contributed by atoms with E-state index in [4.69, 9.17) is 0 Å². The van der Waals surface area contributed by atoms with Crippen molar-refractivity contribution in [3.8, 4) is 5.75 Å². The standard InChI is InChI=1S/C27H41NO3/c1-2-3-4-5-6-7-8-9-10-11-12-13-14-15-16-17-22-28-26(27(30)31)23-24-18-20-25(29)21-19-24/h3-4,6-7,9-10,18-21,26,28-29H,2,5,8,11-17,22-23H2,1H3,(H,30,31)/b4-3-,7-6-,10-9-/t26-/m0/s1. The van der Waals surface area contributed by atoms with Crippen molar-refractivity contribution in [2.75, 3.05) is 6.54 Å². The summed E-state index contributed by atoms with van der Waals surface area (Å²) in [5.41, 5.74) is 0.909. The average Bonchev–Trinajstić information content (AvgIpc) is 2.76. The zero-order valence-corrected chi connectivity index (χ0v) is 19.1. The number of aliphatic carboxylic acids is 1. The third kappa shape index (κ3) is 15.2. The summed E-state index contributed by atoms with van der Waals surface area (Å²) in [6, 6.07) is 6.14. The highest BCUT2D eigenvalue weighted by atomic mass is 16.4. The third-order valence-corrected chi connectivity index (χ3v) is 5.14. The van der Waals surface area contributed by atoms with Crippen LogP contribution in [0.2, 0.25) is 0 Å². The molecule has 0 fully saturated rings. The zero-order valence-electron chi connectivity index (χ0n) is 19.1. The molecule has 172 valence electrons. The maximum absolute atomic E-state index is 11.4. The summed E-state index contributed by atoms with van der Waals surface area (Å²) in [7, 11) is 0. The van der Waals surface area contributed by atoms with Gasteiger partial charge < -0.3 is 15.5 Å². The summed E-state index contributed by atoms with van der Waals surface area (Å²) in [6.07, 6.45) is 25.2. The van der Waals surface area contributed by atoms with Crippen LogP contribution < -0.4 is 5.32 Å². The van der Waals surface area contributed by atoms with Gasteiger partial charge in [0.25, 0.3) is 0 Å². The number of carbonyl (C=O) groups is 1. The van der Waals surface area contributed by atoms with Gasteiger partial charge in [0.05, 0.1) is 0 Å². The van der Waals surface area contributed by atoms with Gasteiger partial charge in [-0.25, -0.2) is 0 Å². The van der Waals surface area contributed by atoms with Crippen LogP contribution in [0, 0.1) is 0 Å². The molecule has 0 spiro atoms. The molecule has 0 amide bonds. The summed E-state index contributed by atoms with van der Waals surface area (Å²) < 4.78 is 0. The first-order chi connectivity index (χ1) is 15.1. The molecule has 1 rings (SSSR count). The van der Waals surface area contributed by atoms with E-state index in [0.29, 0.717) is 6.42 Å². The minimum atomic E-state index is -0.829. The Labute approximate surface area is 188 Å². The number of hydrogen-bond acceptors (Lipinski definition) is 3. The lowest BCUT2D eigenvalue weighted by atomic mass is 10.1. The van der Waals surface area contributed by atoms with Crippen LogP contribution in [-0.4, -0.2) is 28.8 Å². The van der Waals surface area contributed by atoms with E-state index in [9.17, 15) is 15.0 Å². The van der Waals surface area contributed by atoms with Crippen molar-refractivity contribution < 1.29 is 15.0 Å². The van der Waals surface area contributed by atoms with Gasteiger partial charge in [0.15, 0.2) is 0 Å². The predicted molar refractivity (Wildman–Crippen MR) is 131 cm³/mol. The van der Waals surface area contributed by atoms with E-state index in [0.717, 1.165) is 50.6 Å². The van der Waals surface area contributed by atoms with Crippen molar-refractivity contribution in [2.24, 2.45) is 0 Å². The number of carboxylic acids is 1. The van der Waals surface area contributed by atoms with Crippen molar-refractivity contribution in [3.05, 3.63) is 66.3 Å². The van der Waals surface area contributed by atoms with Gasteiger partial charge in [0.2, 0.25) is 0 Å². The highest BCUT2D eigenvalue weighted by molar-refractivity contribution is 5.73. The first-order valence-electron chi connectivity index (χ1n) is 11.8. The van der Waals surface area contributed by atoms with Crippen LogP contribution in [-0.2, 0) is 11.2 Å². The van der Waals surface area contributed by atoms with Crippen molar-refractivity contribution in [1.29, 1.82) is 0 Å². The Kier molecular flexibility index (Phi) is 15.9. The fourth-order valence-electron chi connectivity index (χ4n) is 3.31. The van der Waals surface area contributed by atoms with Crippen molar-refractivity contribution >= 4 is 5.97 Å². The number of rotatable bonds is 18. The highest BCUT2D eigenvalue weighted by Crippen LogP contribution is 2.12. The minimum Gasteiger partial charge on any atom is -0.508 e. The van der Waals surface area contributed by atoms with Crippen LogP contribution in [0.25, 0.3) is 0 Å². The van der Waals surface area contributed by atoms with Gasteiger partial charge in [-0.2, -0.15) is 0 Å². The summed E-state index contributed by atoms with van der Waals surface area (Å²) >= 11 is 0. The molecular weight excluding hydrogens is 386 g/mol.